The molecule has 0 aliphatic carbocycles. The molecule has 1 saturated heterocycles. The van der Waals surface area contributed by atoms with Crippen molar-refractivity contribution in [3.8, 4) is 0 Å². The number of likely N-dealkylation sites (N-methyl/N-ethyl adjacent to an activating group) is 1. The number of carboxylic acid groups (broad SMARTS) is 1. The highest BCUT2D eigenvalue weighted by Gasteiger charge is 2.21. The van der Waals surface area contributed by atoms with Crippen molar-refractivity contribution in [3.63, 3.8) is 0 Å². The molecule has 2 atom stereocenters. The number of carbonyl (C=O) groups excluding carboxylic acids is 1. The highest BCUT2D eigenvalue weighted by Crippen LogP contribution is 2.04. The summed E-state index contributed by atoms with van der Waals surface area (Å²) in [5, 5.41) is 11.2. The van der Waals surface area contributed by atoms with Crippen LogP contribution >= 0.6 is 0 Å². The summed E-state index contributed by atoms with van der Waals surface area (Å²) >= 11 is 0. The maximum atomic E-state index is 11.7. The minimum absolute atomic E-state index is 0.0238. The van der Waals surface area contributed by atoms with Crippen LogP contribution in [-0.4, -0.2) is 66.8 Å². The number of nitrogens with zero attached hydrogens (tertiary/aromatic N) is 1. The summed E-state index contributed by atoms with van der Waals surface area (Å²) in [5.41, 5.74) is 5.61. The Labute approximate surface area is 113 Å². The number of carbonyl (C=O) groups is 2. The largest absolute Gasteiger partial charge is 0.481 e. The topological polar surface area (TPSA) is 105 Å². The average molecular weight is 273 g/mol. The van der Waals surface area contributed by atoms with E-state index >= 15 is 0 Å². The normalized spacial score (nSPS) is 21.9. The van der Waals surface area contributed by atoms with Crippen LogP contribution < -0.4 is 11.1 Å². The van der Waals surface area contributed by atoms with Gasteiger partial charge in [0.05, 0.1) is 18.8 Å². The van der Waals surface area contributed by atoms with Crippen molar-refractivity contribution in [2.45, 2.75) is 31.9 Å². The second-order valence-corrected chi connectivity index (χ2v) is 4.67. The van der Waals surface area contributed by atoms with E-state index in [1.807, 2.05) is 0 Å². The Balaban J connectivity index is 2.23. The molecule has 0 aromatic carbocycles. The molecule has 1 rings (SSSR count). The van der Waals surface area contributed by atoms with Gasteiger partial charge in [-0.3, -0.25) is 14.5 Å². The SMILES string of the molecule is CCN1CCOC(CNC(=O)C(N)CCC(=O)O)C1. The van der Waals surface area contributed by atoms with Crippen molar-refractivity contribution in [3.05, 3.63) is 0 Å². The third-order valence-corrected chi connectivity index (χ3v) is 3.18. The van der Waals surface area contributed by atoms with Crippen LogP contribution in [0.3, 0.4) is 0 Å². The van der Waals surface area contributed by atoms with Crippen LogP contribution in [0.4, 0.5) is 0 Å². The number of ether oxygens (including phenoxy) is 1. The fourth-order valence-corrected chi connectivity index (χ4v) is 1.95. The molecule has 7 heteroatoms. The molecular weight excluding hydrogens is 250 g/mol. The summed E-state index contributed by atoms with van der Waals surface area (Å²) in [7, 11) is 0. The first-order chi connectivity index (χ1) is 9.02. The molecule has 4 N–H and O–H groups in total. The van der Waals surface area contributed by atoms with Crippen LogP contribution in [0.15, 0.2) is 0 Å². The predicted octanol–water partition coefficient (Wildman–Crippen LogP) is -0.985. The molecule has 0 aromatic rings. The van der Waals surface area contributed by atoms with E-state index in [1.165, 1.54) is 0 Å². The van der Waals surface area contributed by atoms with Gasteiger partial charge in [-0.25, -0.2) is 0 Å². The molecule has 19 heavy (non-hydrogen) atoms. The van der Waals surface area contributed by atoms with Crippen molar-refractivity contribution >= 4 is 11.9 Å². The summed E-state index contributed by atoms with van der Waals surface area (Å²) < 4.78 is 5.55. The number of hydrogen-bond acceptors (Lipinski definition) is 5. The molecule has 2 unspecified atom stereocenters. The van der Waals surface area contributed by atoms with Gasteiger partial charge < -0.3 is 20.9 Å². The first-order valence-electron chi connectivity index (χ1n) is 6.62. The molecule has 1 amide bonds. The van der Waals surface area contributed by atoms with Crippen LogP contribution in [0, 0.1) is 0 Å². The van der Waals surface area contributed by atoms with Crippen LogP contribution in [0.1, 0.15) is 19.8 Å². The Hall–Kier alpha value is -1.18. The van der Waals surface area contributed by atoms with E-state index in [4.69, 9.17) is 15.6 Å². The highest BCUT2D eigenvalue weighted by atomic mass is 16.5. The first kappa shape index (κ1) is 15.9. The Morgan fingerprint density at radius 2 is 2.32 bits per heavy atom. The fourth-order valence-electron chi connectivity index (χ4n) is 1.95. The van der Waals surface area contributed by atoms with E-state index in [0.29, 0.717) is 13.2 Å². The highest BCUT2D eigenvalue weighted by molar-refractivity contribution is 5.82. The van der Waals surface area contributed by atoms with Crippen molar-refractivity contribution in [1.82, 2.24) is 10.2 Å². The number of amides is 1. The zero-order chi connectivity index (χ0) is 14.3. The van der Waals surface area contributed by atoms with Gasteiger partial charge in [-0.1, -0.05) is 6.92 Å². The predicted molar refractivity (Wildman–Crippen MR) is 69.7 cm³/mol. The van der Waals surface area contributed by atoms with Gasteiger partial charge in [-0.05, 0) is 13.0 Å². The molecule has 0 radical (unpaired) electrons. The van der Waals surface area contributed by atoms with Gasteiger partial charge in [0.2, 0.25) is 5.91 Å². The van der Waals surface area contributed by atoms with E-state index < -0.39 is 12.0 Å². The number of carboxylic acids is 1. The second kappa shape index (κ2) is 8.08. The number of rotatable bonds is 7. The molecule has 1 heterocycles. The number of nitrogens with two attached hydrogens (primary N) is 1. The number of aliphatic carboxylic acids is 1. The maximum absolute atomic E-state index is 11.7. The lowest BCUT2D eigenvalue weighted by Gasteiger charge is -2.32. The van der Waals surface area contributed by atoms with Gasteiger partial charge in [0.25, 0.3) is 0 Å². The Bertz CT molecular complexity index is 311. The number of morpholine rings is 1. The standard InChI is InChI=1S/C12H23N3O4/c1-2-15-5-6-19-9(8-15)7-14-12(18)10(13)3-4-11(16)17/h9-10H,2-8,13H2,1H3,(H,14,18)(H,16,17). The lowest BCUT2D eigenvalue weighted by molar-refractivity contribution is -0.137. The Morgan fingerprint density at radius 3 is 2.95 bits per heavy atom. The van der Waals surface area contributed by atoms with Crippen molar-refractivity contribution in [2.75, 3.05) is 32.8 Å². The third kappa shape index (κ3) is 6.00. The molecule has 0 bridgehead atoms. The molecule has 1 aliphatic heterocycles. The third-order valence-electron chi connectivity index (χ3n) is 3.18. The van der Waals surface area contributed by atoms with E-state index in [-0.39, 0.29) is 24.9 Å². The molecule has 0 spiro atoms. The zero-order valence-corrected chi connectivity index (χ0v) is 11.3. The molecule has 110 valence electrons. The van der Waals surface area contributed by atoms with Crippen LogP contribution in [0.5, 0.6) is 0 Å². The first-order valence-corrected chi connectivity index (χ1v) is 6.62. The molecule has 7 nitrogen and oxygen atoms in total. The van der Waals surface area contributed by atoms with Gasteiger partial charge in [-0.2, -0.15) is 0 Å². The smallest absolute Gasteiger partial charge is 0.303 e. The van der Waals surface area contributed by atoms with Gasteiger partial charge in [0, 0.05) is 26.1 Å². The average Bonchev–Trinajstić information content (AvgIpc) is 2.42. The maximum Gasteiger partial charge on any atom is 0.303 e. The summed E-state index contributed by atoms with van der Waals surface area (Å²) in [6.45, 7) is 5.84. The molecule has 0 aromatic heterocycles. The lowest BCUT2D eigenvalue weighted by atomic mass is 10.1. The van der Waals surface area contributed by atoms with Crippen LogP contribution in [0.25, 0.3) is 0 Å². The van der Waals surface area contributed by atoms with E-state index in [2.05, 4.69) is 17.1 Å². The monoisotopic (exact) mass is 273 g/mol. The minimum Gasteiger partial charge on any atom is -0.481 e. The lowest BCUT2D eigenvalue weighted by Crippen LogP contribution is -2.49. The van der Waals surface area contributed by atoms with Gasteiger partial charge in [-0.15, -0.1) is 0 Å². The van der Waals surface area contributed by atoms with E-state index in [1.54, 1.807) is 0 Å². The molecule has 1 aliphatic rings. The van der Waals surface area contributed by atoms with Gasteiger partial charge in [0.1, 0.15) is 0 Å². The fraction of sp³-hybridized carbons (Fsp3) is 0.833. The summed E-state index contributed by atoms with van der Waals surface area (Å²) in [5.74, 6) is -1.27. The van der Waals surface area contributed by atoms with Gasteiger partial charge >= 0.3 is 5.97 Å². The van der Waals surface area contributed by atoms with Crippen LogP contribution in [0.2, 0.25) is 0 Å². The Morgan fingerprint density at radius 1 is 1.58 bits per heavy atom. The quantitative estimate of drug-likeness (QED) is 0.550. The Kier molecular flexibility index (Phi) is 6.75. The van der Waals surface area contributed by atoms with E-state index in [0.717, 1.165) is 19.6 Å². The summed E-state index contributed by atoms with van der Waals surface area (Å²) in [6.07, 6.45) is 0.0237. The summed E-state index contributed by atoms with van der Waals surface area (Å²) in [4.78, 5) is 24.3. The van der Waals surface area contributed by atoms with Gasteiger partial charge in [0.15, 0.2) is 0 Å². The number of hydrogen-bond donors (Lipinski definition) is 3. The second-order valence-electron chi connectivity index (χ2n) is 4.67. The molecular formula is C12H23N3O4. The zero-order valence-electron chi connectivity index (χ0n) is 11.3. The van der Waals surface area contributed by atoms with Crippen LogP contribution in [-0.2, 0) is 14.3 Å². The van der Waals surface area contributed by atoms with Crippen molar-refractivity contribution in [2.24, 2.45) is 5.73 Å². The molecule has 0 saturated carbocycles. The number of nitrogens with one attached hydrogen (secondary N) is 1. The minimum atomic E-state index is -0.947. The summed E-state index contributed by atoms with van der Waals surface area (Å²) in [6, 6.07) is -0.776. The van der Waals surface area contributed by atoms with E-state index in [9.17, 15) is 9.59 Å². The molecule has 1 fully saturated rings. The van der Waals surface area contributed by atoms with Crippen molar-refractivity contribution < 1.29 is 19.4 Å². The van der Waals surface area contributed by atoms with Crippen molar-refractivity contribution in [1.29, 1.82) is 0 Å².